The Kier molecular flexibility index (Phi) is 7.97. The first-order valence-corrected chi connectivity index (χ1v) is 13.2. The van der Waals surface area contributed by atoms with Crippen LogP contribution in [0.1, 0.15) is 18.4 Å². The monoisotopic (exact) mass is 534 g/mol. The number of hydrogen-bond acceptors (Lipinski definition) is 7. The molecule has 4 N–H and O–H groups in total. The lowest BCUT2D eigenvalue weighted by molar-refractivity contribution is -0.132. The minimum Gasteiger partial charge on any atom is -0.454 e. The normalized spacial score (nSPS) is 25.1. The van der Waals surface area contributed by atoms with E-state index >= 15 is 0 Å². The van der Waals surface area contributed by atoms with Crippen LogP contribution in [-0.4, -0.2) is 78.5 Å². The Morgan fingerprint density at radius 3 is 2.72 bits per heavy atom. The molecule has 39 heavy (non-hydrogen) atoms. The molecule has 0 bridgehead atoms. The van der Waals surface area contributed by atoms with Crippen LogP contribution in [0.15, 0.2) is 66.9 Å². The number of nitrogens with one attached hydrogen (secondary N) is 2. The first-order valence-electron chi connectivity index (χ1n) is 13.2. The number of amides is 2. The minimum atomic E-state index is -0.492. The van der Waals surface area contributed by atoms with E-state index in [4.69, 9.17) is 10.5 Å². The van der Waals surface area contributed by atoms with Crippen molar-refractivity contribution < 1.29 is 18.7 Å². The molecule has 2 fully saturated rings. The predicted octanol–water partition coefficient (Wildman–Crippen LogP) is 2.29. The van der Waals surface area contributed by atoms with E-state index in [0.717, 1.165) is 24.0 Å². The summed E-state index contributed by atoms with van der Waals surface area (Å²) in [5.74, 6) is -0.233. The lowest BCUT2D eigenvalue weighted by Gasteiger charge is -2.43. The zero-order valence-electron chi connectivity index (χ0n) is 22.2. The van der Waals surface area contributed by atoms with Gasteiger partial charge in [0.25, 0.3) is 5.91 Å². The van der Waals surface area contributed by atoms with Gasteiger partial charge in [0.1, 0.15) is 11.8 Å². The molecule has 4 atom stereocenters. The van der Waals surface area contributed by atoms with Crippen LogP contribution < -0.4 is 21.3 Å². The van der Waals surface area contributed by atoms with Crippen molar-refractivity contribution in [2.75, 3.05) is 33.7 Å². The molecule has 0 aliphatic carbocycles. The van der Waals surface area contributed by atoms with Gasteiger partial charge in [0.2, 0.25) is 5.91 Å². The van der Waals surface area contributed by atoms with E-state index in [0.29, 0.717) is 25.4 Å². The second-order valence-electron chi connectivity index (χ2n) is 10.5. The number of benzene rings is 2. The van der Waals surface area contributed by atoms with Gasteiger partial charge in [-0.3, -0.25) is 15.0 Å². The fourth-order valence-electron chi connectivity index (χ4n) is 5.53. The van der Waals surface area contributed by atoms with Gasteiger partial charge in [-0.1, -0.05) is 30.3 Å². The summed E-state index contributed by atoms with van der Waals surface area (Å²) in [4.78, 5) is 31.9. The summed E-state index contributed by atoms with van der Waals surface area (Å²) >= 11 is 0. The molecule has 0 saturated carbocycles. The summed E-state index contributed by atoms with van der Waals surface area (Å²) in [5, 5.41) is 0. The average molecular weight is 535 g/mol. The fourth-order valence-corrected chi connectivity index (χ4v) is 5.53. The van der Waals surface area contributed by atoms with Gasteiger partial charge in [-0.05, 0) is 62.3 Å². The van der Waals surface area contributed by atoms with Crippen LogP contribution in [0.3, 0.4) is 0 Å². The minimum absolute atomic E-state index is 0.0154. The molecule has 0 aromatic heterocycles. The molecule has 9 nitrogen and oxygen atoms in total. The van der Waals surface area contributed by atoms with E-state index < -0.39 is 18.0 Å². The maximum Gasteiger partial charge on any atom is 0.257 e. The summed E-state index contributed by atoms with van der Waals surface area (Å²) in [7, 11) is 3.91. The van der Waals surface area contributed by atoms with Crippen LogP contribution in [0, 0.1) is 11.7 Å². The van der Waals surface area contributed by atoms with Gasteiger partial charge < -0.3 is 25.2 Å². The number of nitrogens with zero attached hydrogens (tertiary/aromatic N) is 3. The number of piperidine rings is 1. The molecule has 3 heterocycles. The molecule has 0 spiro atoms. The first-order chi connectivity index (χ1) is 18.8. The first kappa shape index (κ1) is 26.9. The molecule has 2 saturated heterocycles. The largest absolute Gasteiger partial charge is 0.454 e. The number of hydrogen-bond donors (Lipinski definition) is 3. The van der Waals surface area contributed by atoms with Gasteiger partial charge in [0.05, 0.1) is 6.17 Å². The summed E-state index contributed by atoms with van der Waals surface area (Å²) in [6.07, 6.45) is 6.75. The van der Waals surface area contributed by atoms with Crippen LogP contribution in [0.2, 0.25) is 0 Å². The van der Waals surface area contributed by atoms with Crippen molar-refractivity contribution in [1.29, 1.82) is 0 Å². The lowest BCUT2D eigenvalue weighted by Crippen LogP contribution is -2.67. The number of fused-ring (bicyclic) bond motifs is 1. The Hall–Kier alpha value is -3.73. The van der Waals surface area contributed by atoms with Crippen molar-refractivity contribution in [1.82, 2.24) is 25.6 Å². The Bertz CT molecular complexity index is 1260. The van der Waals surface area contributed by atoms with Gasteiger partial charge in [0, 0.05) is 43.9 Å². The van der Waals surface area contributed by atoms with Crippen LogP contribution in [0.5, 0.6) is 11.5 Å². The molecule has 2 aromatic rings. The molecule has 3 unspecified atom stereocenters. The Morgan fingerprint density at radius 1 is 1.21 bits per heavy atom. The van der Waals surface area contributed by atoms with Crippen molar-refractivity contribution in [2.45, 2.75) is 31.1 Å². The zero-order chi connectivity index (χ0) is 27.5. The summed E-state index contributed by atoms with van der Waals surface area (Å²) in [6, 6.07) is 13.1. The molecular formula is C29H35FN6O3. The summed E-state index contributed by atoms with van der Waals surface area (Å²) in [5.41, 5.74) is 13.9. The van der Waals surface area contributed by atoms with Crippen LogP contribution >= 0.6 is 0 Å². The van der Waals surface area contributed by atoms with E-state index in [9.17, 15) is 14.0 Å². The third-order valence-corrected chi connectivity index (χ3v) is 7.44. The van der Waals surface area contributed by atoms with E-state index in [1.165, 1.54) is 6.07 Å². The number of hydrazine groups is 1. The molecule has 2 amide bonds. The van der Waals surface area contributed by atoms with Crippen molar-refractivity contribution in [3.8, 4) is 11.5 Å². The van der Waals surface area contributed by atoms with Crippen LogP contribution in [0.25, 0.3) is 5.57 Å². The second kappa shape index (κ2) is 11.6. The van der Waals surface area contributed by atoms with Crippen molar-refractivity contribution in [3.05, 3.63) is 78.3 Å². The van der Waals surface area contributed by atoms with Crippen molar-refractivity contribution in [2.24, 2.45) is 11.7 Å². The maximum absolute atomic E-state index is 14.0. The van der Waals surface area contributed by atoms with Gasteiger partial charge in [-0.2, -0.15) is 0 Å². The summed E-state index contributed by atoms with van der Waals surface area (Å²) < 4.78 is 19.7. The number of likely N-dealkylation sites (tertiary alicyclic amines) is 1. The van der Waals surface area contributed by atoms with E-state index in [2.05, 4.69) is 15.8 Å². The Labute approximate surface area is 228 Å². The topological polar surface area (TPSA) is 103 Å². The van der Waals surface area contributed by atoms with E-state index in [-0.39, 0.29) is 29.5 Å². The van der Waals surface area contributed by atoms with Crippen LogP contribution in [0.4, 0.5) is 4.39 Å². The molecule has 0 radical (unpaired) electrons. The highest BCUT2D eigenvalue weighted by atomic mass is 19.1. The molecule has 3 aliphatic rings. The molecule has 10 heteroatoms. The van der Waals surface area contributed by atoms with Crippen molar-refractivity contribution in [3.63, 3.8) is 0 Å². The highest BCUT2D eigenvalue weighted by Gasteiger charge is 2.49. The fraction of sp³-hybridized carbons (Fsp3) is 0.379. The SMILES string of the molecule is CN(C)C/C=C/C(=O)N1CCC[C@@H](N2C=C(c3ccc(Oc4ccccc4F)cc3)C3C(N)NNC(=O)C32)C1. The van der Waals surface area contributed by atoms with Gasteiger partial charge in [-0.25, -0.2) is 9.82 Å². The number of ether oxygens (including phenoxy) is 1. The lowest BCUT2D eigenvalue weighted by atomic mass is 9.86. The number of likely N-dealkylation sites (N-methyl/N-ethyl adjacent to an activating group) is 1. The second-order valence-corrected chi connectivity index (χ2v) is 10.5. The van der Waals surface area contributed by atoms with Crippen molar-refractivity contribution >= 4 is 17.4 Å². The van der Waals surface area contributed by atoms with Gasteiger partial charge in [-0.15, -0.1) is 0 Å². The zero-order valence-corrected chi connectivity index (χ0v) is 22.2. The quantitative estimate of drug-likeness (QED) is 0.469. The molecular weight excluding hydrogens is 499 g/mol. The standard InChI is InChI=1S/C29H35FN6O3/c1-34(2)15-6-10-25(37)35-16-5-7-20(17-35)36-18-22(26-27(36)29(38)33-32-28(26)31)19-11-13-21(14-12-19)39-24-9-4-3-8-23(24)30/h3-4,6,8-14,18,20,26-28,32H,5,7,15-17,31H2,1-2H3,(H,33,38)/b10-6+/t20-,26?,27?,28?/m1/s1. The highest BCUT2D eigenvalue weighted by Crippen LogP contribution is 2.41. The molecule has 5 rings (SSSR count). The number of nitrogens with two attached hydrogens (primary N) is 1. The Balaban J connectivity index is 1.37. The number of carbonyl (C=O) groups excluding carboxylic acids is 2. The average Bonchev–Trinajstić information content (AvgIpc) is 3.34. The number of para-hydroxylation sites is 1. The number of halogens is 1. The molecule has 2 aromatic carbocycles. The van der Waals surface area contributed by atoms with Gasteiger partial charge in [0.15, 0.2) is 11.6 Å². The Morgan fingerprint density at radius 2 is 1.97 bits per heavy atom. The van der Waals surface area contributed by atoms with Gasteiger partial charge >= 0.3 is 0 Å². The smallest absolute Gasteiger partial charge is 0.257 e. The third-order valence-electron chi connectivity index (χ3n) is 7.44. The third kappa shape index (κ3) is 5.83. The maximum atomic E-state index is 14.0. The predicted molar refractivity (Wildman–Crippen MR) is 147 cm³/mol. The van der Waals surface area contributed by atoms with E-state index in [1.807, 2.05) is 48.3 Å². The van der Waals surface area contributed by atoms with Crippen LogP contribution in [-0.2, 0) is 9.59 Å². The summed E-state index contributed by atoms with van der Waals surface area (Å²) in [6.45, 7) is 1.92. The number of rotatable bonds is 7. The molecule has 206 valence electrons. The molecule has 3 aliphatic heterocycles. The highest BCUT2D eigenvalue weighted by molar-refractivity contribution is 5.89. The number of carbonyl (C=O) groups is 2. The van der Waals surface area contributed by atoms with E-state index in [1.54, 1.807) is 36.4 Å².